The van der Waals surface area contributed by atoms with Gasteiger partial charge in [-0.1, -0.05) is 11.6 Å². The molecule has 0 aliphatic carbocycles. The molecule has 0 bridgehead atoms. The minimum atomic E-state index is -0.854. The fourth-order valence-corrected chi connectivity index (χ4v) is 2.21. The predicted molar refractivity (Wildman–Crippen MR) is 59.0 cm³/mol. The molecule has 1 N–H and O–H groups in total. The van der Waals surface area contributed by atoms with Crippen molar-refractivity contribution in [3.8, 4) is 0 Å². The molecular formula is C10H15ClFN3O. The summed E-state index contributed by atoms with van der Waals surface area (Å²) in [4.78, 5) is 6.06. The van der Waals surface area contributed by atoms with Crippen molar-refractivity contribution in [2.24, 2.45) is 7.05 Å². The van der Waals surface area contributed by atoms with E-state index in [1.165, 1.54) is 0 Å². The van der Waals surface area contributed by atoms with E-state index in [-0.39, 0.29) is 12.6 Å². The van der Waals surface area contributed by atoms with Gasteiger partial charge in [0.25, 0.3) is 0 Å². The number of halogens is 2. The number of aromatic nitrogens is 2. The van der Waals surface area contributed by atoms with Crippen LogP contribution in [0.2, 0.25) is 5.15 Å². The number of aliphatic hydroxyl groups excluding tert-OH is 1. The average molecular weight is 248 g/mol. The van der Waals surface area contributed by atoms with Crippen LogP contribution in [0.25, 0.3) is 0 Å². The van der Waals surface area contributed by atoms with Crippen molar-refractivity contribution in [3.05, 3.63) is 17.2 Å². The Morgan fingerprint density at radius 3 is 3.00 bits per heavy atom. The van der Waals surface area contributed by atoms with Crippen LogP contribution in [0.5, 0.6) is 0 Å². The van der Waals surface area contributed by atoms with Crippen LogP contribution in [0.4, 0.5) is 4.39 Å². The summed E-state index contributed by atoms with van der Waals surface area (Å²) in [7, 11) is 1.82. The first-order valence-corrected chi connectivity index (χ1v) is 5.64. The molecule has 2 heterocycles. The van der Waals surface area contributed by atoms with Gasteiger partial charge in [-0.05, 0) is 6.42 Å². The maximum absolute atomic E-state index is 13.2. The number of aliphatic hydroxyl groups is 1. The van der Waals surface area contributed by atoms with Gasteiger partial charge in [0.1, 0.15) is 17.1 Å². The van der Waals surface area contributed by atoms with Crippen molar-refractivity contribution >= 4 is 11.6 Å². The van der Waals surface area contributed by atoms with Crippen LogP contribution >= 0.6 is 11.6 Å². The Bertz CT molecular complexity index is 371. The highest BCUT2D eigenvalue weighted by Crippen LogP contribution is 2.22. The first-order chi connectivity index (χ1) is 7.61. The molecule has 0 amide bonds. The standard InChI is InChI=1S/C10H15ClFN3O/c1-14-9(11)3-13-10(14)5-15-4-7(12)2-8(15)6-16/h3,7-8,16H,2,4-6H2,1H3/t7-,8-/m0/s1. The monoisotopic (exact) mass is 247 g/mol. The Hall–Kier alpha value is -0.650. The zero-order chi connectivity index (χ0) is 11.7. The van der Waals surface area contributed by atoms with Gasteiger partial charge in [0.05, 0.1) is 19.3 Å². The summed E-state index contributed by atoms with van der Waals surface area (Å²) >= 11 is 5.87. The molecule has 1 aliphatic heterocycles. The number of nitrogens with zero attached hydrogens (tertiary/aromatic N) is 3. The molecule has 90 valence electrons. The number of hydrogen-bond donors (Lipinski definition) is 1. The molecule has 0 saturated carbocycles. The van der Waals surface area contributed by atoms with Gasteiger partial charge in [0.15, 0.2) is 0 Å². The number of imidazole rings is 1. The number of likely N-dealkylation sites (tertiary alicyclic amines) is 1. The quantitative estimate of drug-likeness (QED) is 0.866. The zero-order valence-electron chi connectivity index (χ0n) is 9.11. The minimum absolute atomic E-state index is 0.0153. The third-order valence-corrected chi connectivity index (χ3v) is 3.41. The normalized spacial score (nSPS) is 26.5. The highest BCUT2D eigenvalue weighted by molar-refractivity contribution is 6.29. The molecule has 0 spiro atoms. The second-order valence-electron chi connectivity index (χ2n) is 4.15. The fourth-order valence-electron chi connectivity index (χ4n) is 2.06. The zero-order valence-corrected chi connectivity index (χ0v) is 9.86. The van der Waals surface area contributed by atoms with Crippen molar-refractivity contribution in [1.29, 1.82) is 0 Å². The van der Waals surface area contributed by atoms with E-state index in [2.05, 4.69) is 4.98 Å². The number of alkyl halides is 1. The summed E-state index contributed by atoms with van der Waals surface area (Å²) in [5.74, 6) is 0.789. The average Bonchev–Trinajstić information content (AvgIpc) is 2.76. The van der Waals surface area contributed by atoms with Gasteiger partial charge in [-0.3, -0.25) is 4.90 Å². The maximum Gasteiger partial charge on any atom is 0.128 e. The molecule has 6 heteroatoms. The Morgan fingerprint density at radius 2 is 2.44 bits per heavy atom. The Labute approximate surface area is 98.6 Å². The van der Waals surface area contributed by atoms with Crippen LogP contribution in [-0.4, -0.2) is 44.9 Å². The summed E-state index contributed by atoms with van der Waals surface area (Å²) in [6, 6.07) is -0.106. The van der Waals surface area contributed by atoms with Crippen LogP contribution in [0.1, 0.15) is 12.2 Å². The lowest BCUT2D eigenvalue weighted by Crippen LogP contribution is -2.32. The van der Waals surface area contributed by atoms with E-state index < -0.39 is 6.17 Å². The molecule has 2 atom stereocenters. The van der Waals surface area contributed by atoms with E-state index in [1.54, 1.807) is 10.8 Å². The van der Waals surface area contributed by atoms with E-state index in [9.17, 15) is 4.39 Å². The Kier molecular flexibility index (Phi) is 3.47. The number of hydrogen-bond acceptors (Lipinski definition) is 3. The molecule has 1 fully saturated rings. The first-order valence-electron chi connectivity index (χ1n) is 5.27. The van der Waals surface area contributed by atoms with E-state index in [1.807, 2.05) is 11.9 Å². The molecular weight excluding hydrogens is 233 g/mol. The second-order valence-corrected chi connectivity index (χ2v) is 4.54. The molecule has 0 radical (unpaired) electrons. The minimum Gasteiger partial charge on any atom is -0.395 e. The highest BCUT2D eigenvalue weighted by Gasteiger charge is 2.32. The molecule has 1 aromatic heterocycles. The van der Waals surface area contributed by atoms with Crippen LogP contribution in [0, 0.1) is 0 Å². The number of rotatable bonds is 3. The van der Waals surface area contributed by atoms with E-state index >= 15 is 0 Å². The summed E-state index contributed by atoms with van der Waals surface area (Å²) in [6.07, 6.45) is 1.12. The van der Waals surface area contributed by atoms with Crippen LogP contribution in [0.15, 0.2) is 6.20 Å². The largest absolute Gasteiger partial charge is 0.395 e. The van der Waals surface area contributed by atoms with E-state index in [0.29, 0.717) is 24.7 Å². The van der Waals surface area contributed by atoms with Gasteiger partial charge in [0, 0.05) is 19.6 Å². The third kappa shape index (κ3) is 2.21. The van der Waals surface area contributed by atoms with Crippen molar-refractivity contribution < 1.29 is 9.50 Å². The van der Waals surface area contributed by atoms with Gasteiger partial charge < -0.3 is 9.67 Å². The van der Waals surface area contributed by atoms with Crippen LogP contribution in [-0.2, 0) is 13.6 Å². The second kappa shape index (κ2) is 4.69. The fraction of sp³-hybridized carbons (Fsp3) is 0.700. The van der Waals surface area contributed by atoms with Crippen molar-refractivity contribution in [3.63, 3.8) is 0 Å². The van der Waals surface area contributed by atoms with E-state index in [0.717, 1.165) is 5.82 Å². The lowest BCUT2D eigenvalue weighted by Gasteiger charge is -2.21. The first kappa shape index (κ1) is 11.8. The van der Waals surface area contributed by atoms with Crippen molar-refractivity contribution in [2.45, 2.75) is 25.2 Å². The highest BCUT2D eigenvalue weighted by atomic mass is 35.5. The Morgan fingerprint density at radius 1 is 1.69 bits per heavy atom. The predicted octanol–water partition coefficient (Wildman–Crippen LogP) is 0.978. The van der Waals surface area contributed by atoms with Crippen molar-refractivity contribution in [2.75, 3.05) is 13.2 Å². The summed E-state index contributed by atoms with van der Waals surface area (Å²) in [5, 5.41) is 9.71. The van der Waals surface area contributed by atoms with Crippen molar-refractivity contribution in [1.82, 2.24) is 14.5 Å². The van der Waals surface area contributed by atoms with Gasteiger partial charge >= 0.3 is 0 Å². The molecule has 2 rings (SSSR count). The van der Waals surface area contributed by atoms with E-state index in [4.69, 9.17) is 16.7 Å². The summed E-state index contributed by atoms with van der Waals surface area (Å²) in [6.45, 7) is 0.864. The summed E-state index contributed by atoms with van der Waals surface area (Å²) in [5.41, 5.74) is 0. The summed E-state index contributed by atoms with van der Waals surface area (Å²) < 4.78 is 15.0. The van der Waals surface area contributed by atoms with Gasteiger partial charge in [0.2, 0.25) is 0 Å². The third-order valence-electron chi connectivity index (χ3n) is 3.06. The molecule has 0 aromatic carbocycles. The lowest BCUT2D eigenvalue weighted by molar-refractivity contribution is 0.149. The smallest absolute Gasteiger partial charge is 0.128 e. The van der Waals surface area contributed by atoms with Crippen LogP contribution < -0.4 is 0 Å². The van der Waals surface area contributed by atoms with Gasteiger partial charge in [-0.15, -0.1) is 0 Å². The van der Waals surface area contributed by atoms with Gasteiger partial charge in [-0.2, -0.15) is 0 Å². The molecule has 1 aromatic rings. The topological polar surface area (TPSA) is 41.3 Å². The molecule has 1 aliphatic rings. The van der Waals surface area contributed by atoms with Crippen LogP contribution in [0.3, 0.4) is 0 Å². The maximum atomic E-state index is 13.2. The SMILES string of the molecule is Cn1c(Cl)cnc1CN1C[C@@H](F)C[C@H]1CO. The molecule has 4 nitrogen and oxygen atoms in total. The Balaban J connectivity index is 2.06. The molecule has 0 unspecified atom stereocenters. The molecule has 1 saturated heterocycles. The molecule has 16 heavy (non-hydrogen) atoms. The lowest BCUT2D eigenvalue weighted by atomic mass is 10.2. The van der Waals surface area contributed by atoms with Gasteiger partial charge in [-0.25, -0.2) is 9.37 Å².